The molecule has 1 saturated heterocycles. The summed E-state index contributed by atoms with van der Waals surface area (Å²) in [6.07, 6.45) is 6.64. The number of rotatable bonds is 3. The predicted octanol–water partition coefficient (Wildman–Crippen LogP) is 1.59. The van der Waals surface area contributed by atoms with Crippen molar-refractivity contribution in [3.63, 3.8) is 0 Å². The number of carbonyl (C=O) groups is 1. The Hall–Kier alpha value is -3.09. The number of hydrogen-bond donors (Lipinski definition) is 0. The molecule has 0 aliphatic carbocycles. The highest BCUT2D eigenvalue weighted by molar-refractivity contribution is 5.79. The molecule has 7 heteroatoms. The lowest BCUT2D eigenvalue weighted by atomic mass is 9.94. The summed E-state index contributed by atoms with van der Waals surface area (Å²) in [4.78, 5) is 39.7. The lowest BCUT2D eigenvalue weighted by Gasteiger charge is -2.32. The van der Waals surface area contributed by atoms with Gasteiger partial charge in [-0.15, -0.1) is 0 Å². The first-order chi connectivity index (χ1) is 12.7. The molecule has 0 saturated carbocycles. The van der Waals surface area contributed by atoms with Crippen molar-refractivity contribution < 1.29 is 4.79 Å². The minimum atomic E-state index is -0.187. The molecule has 1 aliphatic rings. The molecule has 0 spiro atoms. The number of benzene rings is 1. The van der Waals surface area contributed by atoms with E-state index >= 15 is 0 Å². The number of piperidine rings is 1. The second-order valence-corrected chi connectivity index (χ2v) is 6.51. The Morgan fingerprint density at radius 3 is 2.92 bits per heavy atom. The fourth-order valence-corrected chi connectivity index (χ4v) is 3.45. The largest absolute Gasteiger partial charge is 0.340 e. The lowest BCUT2D eigenvalue weighted by molar-refractivity contribution is -0.133. The molecule has 1 aromatic carbocycles. The second-order valence-electron chi connectivity index (χ2n) is 6.51. The van der Waals surface area contributed by atoms with Crippen LogP contribution < -0.4 is 5.56 Å². The summed E-state index contributed by atoms with van der Waals surface area (Å²) in [6, 6.07) is 9.06. The minimum absolute atomic E-state index is 0.00710. The van der Waals surface area contributed by atoms with Crippen LogP contribution in [0.2, 0.25) is 0 Å². The van der Waals surface area contributed by atoms with Crippen molar-refractivity contribution in [1.82, 2.24) is 24.4 Å². The van der Waals surface area contributed by atoms with Gasteiger partial charge in [0.25, 0.3) is 5.56 Å². The van der Waals surface area contributed by atoms with Crippen LogP contribution in [0.25, 0.3) is 10.9 Å². The van der Waals surface area contributed by atoms with E-state index in [2.05, 4.69) is 15.0 Å². The maximum absolute atomic E-state index is 12.7. The smallest absolute Gasteiger partial charge is 0.261 e. The number of likely N-dealkylation sites (tertiary alicyclic amines) is 1. The number of para-hydroxylation sites is 1. The molecule has 132 valence electrons. The summed E-state index contributed by atoms with van der Waals surface area (Å²) in [5.74, 6) is 0.144. The number of carbonyl (C=O) groups excluding carboxylic acids is 1. The molecular weight excluding hydrogens is 330 g/mol. The molecule has 4 rings (SSSR count). The van der Waals surface area contributed by atoms with E-state index in [0.717, 1.165) is 18.5 Å². The minimum Gasteiger partial charge on any atom is -0.340 e. The molecule has 0 radical (unpaired) electrons. The monoisotopic (exact) mass is 349 g/mol. The van der Waals surface area contributed by atoms with Crippen molar-refractivity contribution >= 4 is 16.8 Å². The van der Waals surface area contributed by atoms with E-state index in [4.69, 9.17) is 0 Å². The Morgan fingerprint density at radius 2 is 2.08 bits per heavy atom. The third kappa shape index (κ3) is 3.20. The fraction of sp³-hybridized carbons (Fsp3) is 0.316. The molecule has 0 bridgehead atoms. The van der Waals surface area contributed by atoms with Crippen LogP contribution in [0.3, 0.4) is 0 Å². The average molecular weight is 349 g/mol. The lowest BCUT2D eigenvalue weighted by Crippen LogP contribution is -2.42. The molecule has 2 aromatic heterocycles. The summed E-state index contributed by atoms with van der Waals surface area (Å²) >= 11 is 0. The molecule has 0 N–H and O–H groups in total. The fourth-order valence-electron chi connectivity index (χ4n) is 3.45. The maximum atomic E-state index is 12.7. The SMILES string of the molecule is O=C(Cn1cnc2ccccc2c1=O)N1CCC[C@@H](c2ccncn2)C1. The molecule has 26 heavy (non-hydrogen) atoms. The Balaban J connectivity index is 1.51. The van der Waals surface area contributed by atoms with E-state index in [1.165, 1.54) is 17.2 Å². The predicted molar refractivity (Wildman–Crippen MR) is 96.6 cm³/mol. The van der Waals surface area contributed by atoms with Gasteiger partial charge < -0.3 is 4.90 Å². The third-order valence-electron chi connectivity index (χ3n) is 4.83. The zero-order chi connectivity index (χ0) is 17.9. The molecule has 1 atom stereocenters. The number of nitrogens with zero attached hydrogens (tertiary/aromatic N) is 5. The molecule has 3 aromatic rings. The van der Waals surface area contributed by atoms with Gasteiger partial charge in [0.1, 0.15) is 12.9 Å². The van der Waals surface area contributed by atoms with Gasteiger partial charge >= 0.3 is 0 Å². The summed E-state index contributed by atoms with van der Waals surface area (Å²) in [7, 11) is 0. The first kappa shape index (κ1) is 16.4. The van der Waals surface area contributed by atoms with Gasteiger partial charge in [-0.2, -0.15) is 0 Å². The van der Waals surface area contributed by atoms with Crippen molar-refractivity contribution in [2.45, 2.75) is 25.3 Å². The van der Waals surface area contributed by atoms with Crippen molar-refractivity contribution in [2.24, 2.45) is 0 Å². The molecule has 3 heterocycles. The average Bonchev–Trinajstić information content (AvgIpc) is 2.71. The van der Waals surface area contributed by atoms with E-state index in [9.17, 15) is 9.59 Å². The number of aromatic nitrogens is 4. The van der Waals surface area contributed by atoms with Crippen LogP contribution in [0, 0.1) is 0 Å². The highest BCUT2D eigenvalue weighted by atomic mass is 16.2. The van der Waals surface area contributed by atoms with Crippen LogP contribution in [0.4, 0.5) is 0 Å². The highest BCUT2D eigenvalue weighted by Gasteiger charge is 2.25. The standard InChI is InChI=1S/C19H19N5O2/c25-18(11-24-13-22-17-6-2-1-5-15(17)19(24)26)23-9-3-4-14(10-23)16-7-8-20-12-21-16/h1-2,5-8,12-14H,3-4,9-11H2/t14-/m1/s1. The van der Waals surface area contributed by atoms with Crippen LogP contribution in [-0.2, 0) is 11.3 Å². The Bertz CT molecular complexity index is 986. The second kappa shape index (κ2) is 7.03. The molecule has 0 unspecified atom stereocenters. The van der Waals surface area contributed by atoms with Gasteiger partial charge in [-0.3, -0.25) is 14.2 Å². The quantitative estimate of drug-likeness (QED) is 0.717. The van der Waals surface area contributed by atoms with Crippen molar-refractivity contribution in [1.29, 1.82) is 0 Å². The van der Waals surface area contributed by atoms with E-state index < -0.39 is 0 Å². The Labute approximate surface area is 150 Å². The van der Waals surface area contributed by atoms with Gasteiger partial charge in [0, 0.05) is 30.9 Å². The topological polar surface area (TPSA) is 81.0 Å². The zero-order valence-corrected chi connectivity index (χ0v) is 14.3. The normalized spacial score (nSPS) is 17.4. The van der Waals surface area contributed by atoms with Gasteiger partial charge in [0.2, 0.25) is 5.91 Å². The molecule has 1 aliphatic heterocycles. The Morgan fingerprint density at radius 1 is 1.19 bits per heavy atom. The van der Waals surface area contributed by atoms with Gasteiger partial charge in [-0.25, -0.2) is 15.0 Å². The van der Waals surface area contributed by atoms with Crippen molar-refractivity contribution in [3.05, 3.63) is 65.2 Å². The highest BCUT2D eigenvalue weighted by Crippen LogP contribution is 2.25. The van der Waals surface area contributed by atoms with E-state index in [1.807, 2.05) is 17.0 Å². The van der Waals surface area contributed by atoms with E-state index in [0.29, 0.717) is 24.0 Å². The zero-order valence-electron chi connectivity index (χ0n) is 14.3. The molecular formula is C19H19N5O2. The number of amides is 1. The van der Waals surface area contributed by atoms with Crippen LogP contribution in [0.1, 0.15) is 24.5 Å². The van der Waals surface area contributed by atoms with Gasteiger partial charge in [0.15, 0.2) is 0 Å². The van der Waals surface area contributed by atoms with Gasteiger partial charge in [0.05, 0.1) is 17.2 Å². The first-order valence-electron chi connectivity index (χ1n) is 8.70. The van der Waals surface area contributed by atoms with Crippen molar-refractivity contribution in [3.8, 4) is 0 Å². The molecule has 7 nitrogen and oxygen atoms in total. The van der Waals surface area contributed by atoms with Gasteiger partial charge in [-0.05, 0) is 31.0 Å². The summed E-state index contributed by atoms with van der Waals surface area (Å²) in [5, 5.41) is 0.528. The summed E-state index contributed by atoms with van der Waals surface area (Å²) < 4.78 is 1.39. The van der Waals surface area contributed by atoms with Crippen molar-refractivity contribution in [2.75, 3.05) is 13.1 Å². The van der Waals surface area contributed by atoms with Gasteiger partial charge in [-0.1, -0.05) is 12.1 Å². The van der Waals surface area contributed by atoms with Crippen LogP contribution in [0.15, 0.2) is 54.0 Å². The third-order valence-corrected chi connectivity index (χ3v) is 4.83. The molecule has 1 amide bonds. The van der Waals surface area contributed by atoms with E-state index in [-0.39, 0.29) is 23.9 Å². The summed E-state index contributed by atoms with van der Waals surface area (Å²) in [6.45, 7) is 1.33. The van der Waals surface area contributed by atoms with E-state index in [1.54, 1.807) is 24.4 Å². The number of fused-ring (bicyclic) bond motifs is 1. The van der Waals surface area contributed by atoms with Crippen LogP contribution >= 0.6 is 0 Å². The number of hydrogen-bond acceptors (Lipinski definition) is 5. The van der Waals surface area contributed by atoms with Crippen LogP contribution in [-0.4, -0.2) is 43.4 Å². The summed E-state index contributed by atoms with van der Waals surface area (Å²) in [5.41, 5.74) is 1.42. The maximum Gasteiger partial charge on any atom is 0.261 e. The first-order valence-corrected chi connectivity index (χ1v) is 8.70. The molecule has 1 fully saturated rings. The Kier molecular flexibility index (Phi) is 4.43. The van der Waals surface area contributed by atoms with Crippen LogP contribution in [0.5, 0.6) is 0 Å².